The van der Waals surface area contributed by atoms with Crippen LogP contribution in [0.2, 0.25) is 0 Å². The second-order valence-corrected chi connectivity index (χ2v) is 2.58. The molecule has 0 radical (unpaired) electrons. The zero-order valence-corrected chi connectivity index (χ0v) is 6.77. The van der Waals surface area contributed by atoms with Crippen LogP contribution in [-0.2, 0) is 0 Å². The zero-order chi connectivity index (χ0) is 9.10. The van der Waals surface area contributed by atoms with Crippen molar-refractivity contribution < 1.29 is 0 Å². The van der Waals surface area contributed by atoms with Gasteiger partial charge in [0.15, 0.2) is 0 Å². The SMILES string of the molecule is O=c1cc(-c2cccnc2)cn[nH]1. The van der Waals surface area contributed by atoms with Gasteiger partial charge in [0.05, 0.1) is 6.20 Å². The van der Waals surface area contributed by atoms with E-state index in [2.05, 4.69) is 15.2 Å². The van der Waals surface area contributed by atoms with Gasteiger partial charge in [-0.1, -0.05) is 6.07 Å². The van der Waals surface area contributed by atoms with Crippen molar-refractivity contribution in [2.75, 3.05) is 0 Å². The van der Waals surface area contributed by atoms with Crippen molar-refractivity contribution in [1.29, 1.82) is 0 Å². The molecule has 0 fully saturated rings. The summed E-state index contributed by atoms with van der Waals surface area (Å²) in [6.07, 6.45) is 4.97. The smallest absolute Gasteiger partial charge is 0.264 e. The molecule has 2 rings (SSSR count). The third kappa shape index (κ3) is 1.61. The largest absolute Gasteiger partial charge is 0.268 e. The van der Waals surface area contributed by atoms with Crippen molar-refractivity contribution in [2.24, 2.45) is 0 Å². The Bertz CT molecular complexity index is 450. The molecular weight excluding hydrogens is 166 g/mol. The van der Waals surface area contributed by atoms with E-state index < -0.39 is 0 Å². The molecule has 0 aromatic carbocycles. The van der Waals surface area contributed by atoms with E-state index in [1.54, 1.807) is 18.6 Å². The molecule has 2 aromatic heterocycles. The van der Waals surface area contributed by atoms with Crippen LogP contribution in [0, 0.1) is 0 Å². The molecule has 1 N–H and O–H groups in total. The molecule has 0 bridgehead atoms. The lowest BCUT2D eigenvalue weighted by atomic mass is 10.1. The Morgan fingerprint density at radius 1 is 1.23 bits per heavy atom. The Labute approximate surface area is 74.3 Å². The molecule has 0 saturated heterocycles. The van der Waals surface area contributed by atoms with Gasteiger partial charge in [-0.05, 0) is 6.07 Å². The summed E-state index contributed by atoms with van der Waals surface area (Å²) in [7, 11) is 0. The van der Waals surface area contributed by atoms with Gasteiger partial charge in [-0.25, -0.2) is 5.10 Å². The van der Waals surface area contributed by atoms with Crippen LogP contribution in [-0.4, -0.2) is 15.2 Å². The second-order valence-electron chi connectivity index (χ2n) is 2.58. The predicted octanol–water partition coefficient (Wildman–Crippen LogP) is 0.832. The number of H-pyrrole nitrogens is 1. The number of aromatic amines is 1. The highest BCUT2D eigenvalue weighted by Crippen LogP contribution is 2.13. The van der Waals surface area contributed by atoms with Gasteiger partial charge in [-0.2, -0.15) is 5.10 Å². The monoisotopic (exact) mass is 173 g/mol. The summed E-state index contributed by atoms with van der Waals surface area (Å²) >= 11 is 0. The van der Waals surface area contributed by atoms with Gasteiger partial charge in [0.1, 0.15) is 0 Å². The minimum Gasteiger partial charge on any atom is -0.268 e. The highest BCUT2D eigenvalue weighted by Gasteiger charge is 1.96. The Balaban J connectivity index is 2.54. The van der Waals surface area contributed by atoms with E-state index in [-0.39, 0.29) is 5.56 Å². The van der Waals surface area contributed by atoms with E-state index in [4.69, 9.17) is 0 Å². The number of nitrogens with one attached hydrogen (secondary N) is 1. The van der Waals surface area contributed by atoms with Gasteiger partial charge in [-0.15, -0.1) is 0 Å². The van der Waals surface area contributed by atoms with Crippen molar-refractivity contribution >= 4 is 0 Å². The van der Waals surface area contributed by atoms with E-state index in [9.17, 15) is 4.79 Å². The van der Waals surface area contributed by atoms with Crippen LogP contribution in [0.1, 0.15) is 0 Å². The van der Waals surface area contributed by atoms with Gasteiger partial charge in [0.2, 0.25) is 0 Å². The molecule has 0 unspecified atom stereocenters. The first kappa shape index (κ1) is 7.67. The highest BCUT2D eigenvalue weighted by atomic mass is 16.1. The number of nitrogens with zero attached hydrogens (tertiary/aromatic N) is 2. The average Bonchev–Trinajstić information content (AvgIpc) is 2.19. The van der Waals surface area contributed by atoms with E-state index in [1.807, 2.05) is 12.1 Å². The van der Waals surface area contributed by atoms with Crippen molar-refractivity contribution in [1.82, 2.24) is 15.2 Å². The number of pyridine rings is 1. The lowest BCUT2D eigenvalue weighted by Gasteiger charge is -1.96. The van der Waals surface area contributed by atoms with E-state index >= 15 is 0 Å². The lowest BCUT2D eigenvalue weighted by molar-refractivity contribution is 0.990. The number of rotatable bonds is 1. The summed E-state index contributed by atoms with van der Waals surface area (Å²) in [6.45, 7) is 0. The zero-order valence-electron chi connectivity index (χ0n) is 6.77. The summed E-state index contributed by atoms with van der Waals surface area (Å²) < 4.78 is 0. The molecule has 64 valence electrons. The molecule has 0 aliphatic rings. The van der Waals surface area contributed by atoms with Gasteiger partial charge >= 0.3 is 0 Å². The average molecular weight is 173 g/mol. The summed E-state index contributed by atoms with van der Waals surface area (Å²) in [4.78, 5) is 14.9. The fraction of sp³-hybridized carbons (Fsp3) is 0. The molecule has 0 aliphatic carbocycles. The van der Waals surface area contributed by atoms with E-state index in [0.717, 1.165) is 11.1 Å². The normalized spacial score (nSPS) is 9.85. The number of aromatic nitrogens is 3. The van der Waals surface area contributed by atoms with Crippen molar-refractivity contribution in [2.45, 2.75) is 0 Å². The molecule has 4 nitrogen and oxygen atoms in total. The van der Waals surface area contributed by atoms with Crippen LogP contribution in [0.15, 0.2) is 41.6 Å². The molecule has 2 heterocycles. The lowest BCUT2D eigenvalue weighted by Crippen LogP contribution is -2.05. The van der Waals surface area contributed by atoms with E-state index in [0.29, 0.717) is 0 Å². The van der Waals surface area contributed by atoms with Crippen LogP contribution in [0.5, 0.6) is 0 Å². The maximum absolute atomic E-state index is 10.9. The predicted molar refractivity (Wildman–Crippen MR) is 48.1 cm³/mol. The summed E-state index contributed by atoms with van der Waals surface area (Å²) in [6, 6.07) is 5.18. The molecule has 0 spiro atoms. The summed E-state index contributed by atoms with van der Waals surface area (Å²) in [5.74, 6) is 0. The first-order valence-electron chi connectivity index (χ1n) is 3.81. The first-order chi connectivity index (χ1) is 6.36. The standard InChI is InChI=1S/C9H7N3O/c13-9-4-8(6-11-12-9)7-2-1-3-10-5-7/h1-6H,(H,12,13). The van der Waals surface area contributed by atoms with Crippen molar-refractivity contribution in [3.8, 4) is 11.1 Å². The molecule has 0 aliphatic heterocycles. The third-order valence-corrected chi connectivity index (χ3v) is 1.66. The van der Waals surface area contributed by atoms with Crippen LogP contribution in [0.25, 0.3) is 11.1 Å². The molecule has 13 heavy (non-hydrogen) atoms. The maximum atomic E-state index is 10.9. The van der Waals surface area contributed by atoms with Gasteiger partial charge in [0.25, 0.3) is 5.56 Å². The maximum Gasteiger partial charge on any atom is 0.264 e. The summed E-state index contributed by atoms with van der Waals surface area (Å²) in [5, 5.41) is 6.01. The Kier molecular flexibility index (Phi) is 1.88. The van der Waals surface area contributed by atoms with Crippen LogP contribution < -0.4 is 5.56 Å². The fourth-order valence-corrected chi connectivity index (χ4v) is 1.07. The molecule has 4 heteroatoms. The quantitative estimate of drug-likeness (QED) is 0.694. The topological polar surface area (TPSA) is 58.6 Å². The molecule has 2 aromatic rings. The van der Waals surface area contributed by atoms with Gasteiger partial charge < -0.3 is 0 Å². The number of hydrogen-bond donors (Lipinski definition) is 1. The summed E-state index contributed by atoms with van der Waals surface area (Å²) in [5.41, 5.74) is 1.46. The molecule has 0 saturated carbocycles. The fourth-order valence-electron chi connectivity index (χ4n) is 1.07. The first-order valence-corrected chi connectivity index (χ1v) is 3.81. The van der Waals surface area contributed by atoms with Gasteiger partial charge in [-0.3, -0.25) is 9.78 Å². The Morgan fingerprint density at radius 3 is 2.85 bits per heavy atom. The van der Waals surface area contributed by atoms with Gasteiger partial charge in [0, 0.05) is 29.6 Å². The Morgan fingerprint density at radius 2 is 2.15 bits per heavy atom. The highest BCUT2D eigenvalue weighted by molar-refractivity contribution is 5.60. The molecular formula is C9H7N3O. The van der Waals surface area contributed by atoms with Crippen LogP contribution >= 0.6 is 0 Å². The van der Waals surface area contributed by atoms with E-state index in [1.165, 1.54) is 6.07 Å². The minimum atomic E-state index is -0.207. The van der Waals surface area contributed by atoms with Crippen LogP contribution in [0.3, 0.4) is 0 Å². The third-order valence-electron chi connectivity index (χ3n) is 1.66. The van der Waals surface area contributed by atoms with Crippen LogP contribution in [0.4, 0.5) is 0 Å². The van der Waals surface area contributed by atoms with Crippen molar-refractivity contribution in [3.05, 3.63) is 47.1 Å². The second kappa shape index (κ2) is 3.18. The minimum absolute atomic E-state index is 0.207. The molecule has 0 atom stereocenters. The molecule has 0 amide bonds. The van der Waals surface area contributed by atoms with Crippen molar-refractivity contribution in [3.63, 3.8) is 0 Å². The Hall–Kier alpha value is -1.97. The number of hydrogen-bond acceptors (Lipinski definition) is 3.